The van der Waals surface area contributed by atoms with Crippen molar-refractivity contribution in [2.75, 3.05) is 18.1 Å². The molecule has 1 amide bonds. The van der Waals surface area contributed by atoms with Gasteiger partial charge in [0.15, 0.2) is 10.0 Å². The third kappa shape index (κ3) is 8.77. The molecule has 2 aromatic heterocycles. The summed E-state index contributed by atoms with van der Waals surface area (Å²) < 4.78 is 0.694. The number of thioether (sulfide) groups is 2. The van der Waals surface area contributed by atoms with E-state index in [2.05, 4.69) is 9.97 Å². The zero-order valence-corrected chi connectivity index (χ0v) is 20.8. The lowest BCUT2D eigenvalue weighted by Crippen LogP contribution is -2.33. The van der Waals surface area contributed by atoms with Crippen LogP contribution < -0.4 is 0 Å². The fraction of sp³-hybridized carbons (Fsp3) is 0.478. The highest BCUT2D eigenvalue weighted by atomic mass is 32.2. The summed E-state index contributed by atoms with van der Waals surface area (Å²) in [5.74, 6) is 0.774. The van der Waals surface area contributed by atoms with Crippen LogP contribution in [0.15, 0.2) is 51.3 Å². The van der Waals surface area contributed by atoms with Crippen LogP contribution in [0.2, 0.25) is 0 Å². The number of aliphatic hydroxyl groups excluding tert-OH is 1. The van der Waals surface area contributed by atoms with Crippen molar-refractivity contribution >= 4 is 46.7 Å². The number of nitrogens with zero attached hydrogens (tertiary/aromatic N) is 3. The third-order valence-corrected chi connectivity index (χ3v) is 8.25. The molecule has 1 aliphatic rings. The maximum absolute atomic E-state index is 12.3. The molecule has 1 fully saturated rings. The molecule has 2 aromatic rings. The second kappa shape index (κ2) is 13.7. The topological polar surface area (TPSA) is 104 Å². The number of aromatic carboxylic acids is 1. The quantitative estimate of drug-likeness (QED) is 0.217. The highest BCUT2D eigenvalue weighted by Gasteiger charge is 2.28. The van der Waals surface area contributed by atoms with E-state index in [-0.39, 0.29) is 17.6 Å². The van der Waals surface area contributed by atoms with E-state index >= 15 is 0 Å². The molecule has 0 spiro atoms. The van der Waals surface area contributed by atoms with Gasteiger partial charge in [0.05, 0.1) is 17.2 Å². The molecule has 7 nitrogen and oxygen atoms in total. The monoisotopic (exact) mass is 507 g/mol. The number of pyridine rings is 1. The molecule has 0 aromatic carbocycles. The number of hydrogen-bond donors (Lipinski definition) is 2. The number of rotatable bonds is 14. The maximum atomic E-state index is 12.3. The number of carbonyl (C=O) groups is 2. The van der Waals surface area contributed by atoms with Crippen LogP contribution in [0.25, 0.3) is 0 Å². The smallest absolute Gasteiger partial charge is 0.355 e. The number of amides is 1. The van der Waals surface area contributed by atoms with Crippen molar-refractivity contribution in [3.63, 3.8) is 0 Å². The lowest BCUT2D eigenvalue weighted by molar-refractivity contribution is -0.128. The van der Waals surface area contributed by atoms with Gasteiger partial charge in [0, 0.05) is 30.3 Å². The van der Waals surface area contributed by atoms with E-state index < -0.39 is 12.1 Å². The largest absolute Gasteiger partial charge is 0.476 e. The van der Waals surface area contributed by atoms with E-state index in [1.54, 1.807) is 18.0 Å². The summed E-state index contributed by atoms with van der Waals surface area (Å²) in [7, 11) is 0. The number of carbonyl (C=O) groups excluding carboxylic acids is 1. The first-order chi connectivity index (χ1) is 16.0. The standard InChI is InChI=1S/C23H29N3O4S3/c27-18(6-2-1-5-14-31-20-7-3-4-12-24-20)10-8-17-9-11-21(28)26(17)13-15-32-23-25-19(16-33-23)22(29)30/h3-4,7-8,10,12,16-18,27H,1-2,5-6,9,11,13-15H2,(H,29,30)/b10-8+/t17-,18-/m0/s1. The minimum atomic E-state index is -1.03. The Morgan fingerprint density at radius 3 is 2.91 bits per heavy atom. The van der Waals surface area contributed by atoms with Crippen LogP contribution in [0.4, 0.5) is 0 Å². The van der Waals surface area contributed by atoms with Gasteiger partial charge in [0.1, 0.15) is 0 Å². The zero-order valence-electron chi connectivity index (χ0n) is 18.3. The summed E-state index contributed by atoms with van der Waals surface area (Å²) in [5, 5.41) is 21.8. The van der Waals surface area contributed by atoms with E-state index in [4.69, 9.17) is 5.11 Å². The predicted molar refractivity (Wildman–Crippen MR) is 133 cm³/mol. The summed E-state index contributed by atoms with van der Waals surface area (Å²) in [5.41, 5.74) is 0.0569. The van der Waals surface area contributed by atoms with Gasteiger partial charge in [-0.2, -0.15) is 0 Å². The van der Waals surface area contributed by atoms with Crippen molar-refractivity contribution in [1.82, 2.24) is 14.9 Å². The number of thiazole rings is 1. The van der Waals surface area contributed by atoms with E-state index in [0.717, 1.165) is 42.9 Å². The van der Waals surface area contributed by atoms with Crippen molar-refractivity contribution in [3.05, 3.63) is 47.6 Å². The second-order valence-electron chi connectivity index (χ2n) is 7.66. The normalized spacial score (nSPS) is 17.2. The minimum absolute atomic E-state index is 0.00778. The van der Waals surface area contributed by atoms with E-state index in [1.807, 2.05) is 35.3 Å². The molecule has 1 saturated heterocycles. The molecule has 2 N–H and O–H groups in total. The molecule has 3 heterocycles. The maximum Gasteiger partial charge on any atom is 0.355 e. The van der Waals surface area contributed by atoms with Gasteiger partial charge >= 0.3 is 5.97 Å². The molecule has 0 aliphatic carbocycles. The first-order valence-electron chi connectivity index (χ1n) is 11.0. The van der Waals surface area contributed by atoms with Gasteiger partial charge in [0.2, 0.25) is 5.91 Å². The van der Waals surface area contributed by atoms with Gasteiger partial charge < -0.3 is 15.1 Å². The average molecular weight is 508 g/mol. The highest BCUT2D eigenvalue weighted by Crippen LogP contribution is 2.25. The Morgan fingerprint density at radius 1 is 1.27 bits per heavy atom. The summed E-state index contributed by atoms with van der Waals surface area (Å²) >= 11 is 4.52. The van der Waals surface area contributed by atoms with Gasteiger partial charge in [-0.15, -0.1) is 23.1 Å². The summed E-state index contributed by atoms with van der Waals surface area (Å²) in [6.07, 6.45) is 10.2. The number of aromatic nitrogens is 2. The van der Waals surface area contributed by atoms with E-state index in [1.165, 1.54) is 28.5 Å². The van der Waals surface area contributed by atoms with Crippen LogP contribution in [-0.2, 0) is 4.79 Å². The molecule has 0 saturated carbocycles. The minimum Gasteiger partial charge on any atom is -0.476 e. The van der Waals surface area contributed by atoms with Crippen molar-refractivity contribution in [1.29, 1.82) is 0 Å². The number of hydrogen-bond acceptors (Lipinski definition) is 8. The second-order valence-corrected chi connectivity index (χ2v) is 11.0. The van der Waals surface area contributed by atoms with Crippen LogP contribution in [-0.4, -0.2) is 67.2 Å². The first-order valence-corrected chi connectivity index (χ1v) is 13.9. The lowest BCUT2D eigenvalue weighted by atomic mass is 10.1. The molecule has 33 heavy (non-hydrogen) atoms. The molecule has 178 valence electrons. The number of likely N-dealkylation sites (tertiary alicyclic amines) is 1. The van der Waals surface area contributed by atoms with E-state index in [9.17, 15) is 14.7 Å². The fourth-order valence-electron chi connectivity index (χ4n) is 3.49. The first kappa shape index (κ1) is 25.7. The average Bonchev–Trinajstić information content (AvgIpc) is 3.43. The van der Waals surface area contributed by atoms with Crippen molar-refractivity contribution < 1.29 is 19.8 Å². The van der Waals surface area contributed by atoms with Crippen molar-refractivity contribution in [2.24, 2.45) is 0 Å². The number of unbranched alkanes of at least 4 members (excludes halogenated alkanes) is 2. The van der Waals surface area contributed by atoms with Crippen LogP contribution in [0.5, 0.6) is 0 Å². The molecule has 10 heteroatoms. The molecular weight excluding hydrogens is 478 g/mol. The van der Waals surface area contributed by atoms with Crippen LogP contribution in [0.1, 0.15) is 49.0 Å². The Hall–Kier alpha value is -1.88. The fourth-order valence-corrected chi connectivity index (χ4v) is 6.17. The molecule has 0 radical (unpaired) electrons. The molecular formula is C23H29N3O4S3. The number of aliphatic hydroxyl groups is 1. The van der Waals surface area contributed by atoms with Crippen LogP contribution >= 0.6 is 34.9 Å². The third-order valence-electron chi connectivity index (χ3n) is 5.22. The van der Waals surface area contributed by atoms with Gasteiger partial charge in [-0.25, -0.2) is 14.8 Å². The molecule has 2 atom stereocenters. The Bertz CT molecular complexity index is 923. The SMILES string of the molecule is O=C(O)c1csc(SCCN2C(=O)CC[C@@H]2/C=C/[C@@H](O)CCCCCSc2ccccn2)n1. The molecule has 3 rings (SSSR count). The molecule has 1 aliphatic heterocycles. The Kier molecular flexibility index (Phi) is 10.7. The molecule has 0 bridgehead atoms. The van der Waals surface area contributed by atoms with Gasteiger partial charge in [-0.05, 0) is 37.1 Å². The Labute approximate surface area is 206 Å². The summed E-state index contributed by atoms with van der Waals surface area (Å²) in [6.45, 7) is 0.574. The van der Waals surface area contributed by atoms with Crippen LogP contribution in [0, 0.1) is 0 Å². The van der Waals surface area contributed by atoms with E-state index in [0.29, 0.717) is 23.1 Å². The number of carboxylic acids is 1. The number of carboxylic acid groups (broad SMARTS) is 1. The van der Waals surface area contributed by atoms with Crippen LogP contribution in [0.3, 0.4) is 0 Å². The lowest BCUT2D eigenvalue weighted by Gasteiger charge is -2.22. The highest BCUT2D eigenvalue weighted by molar-refractivity contribution is 8.01. The molecule has 0 unspecified atom stereocenters. The summed E-state index contributed by atoms with van der Waals surface area (Å²) in [6, 6.07) is 5.93. The van der Waals surface area contributed by atoms with Gasteiger partial charge in [-0.1, -0.05) is 42.8 Å². The Morgan fingerprint density at radius 2 is 2.15 bits per heavy atom. The zero-order chi connectivity index (χ0) is 23.5. The predicted octanol–water partition coefficient (Wildman–Crippen LogP) is 4.59. The Balaban J connectivity index is 1.32. The summed E-state index contributed by atoms with van der Waals surface area (Å²) in [4.78, 5) is 33.4. The van der Waals surface area contributed by atoms with Gasteiger partial charge in [0.25, 0.3) is 0 Å². The van der Waals surface area contributed by atoms with Crippen molar-refractivity contribution in [2.45, 2.75) is 60.0 Å². The van der Waals surface area contributed by atoms with Gasteiger partial charge in [-0.3, -0.25) is 4.79 Å². The van der Waals surface area contributed by atoms with Crippen molar-refractivity contribution in [3.8, 4) is 0 Å².